The Kier molecular flexibility index (Phi) is 5.80. The maximum Gasteiger partial charge on any atom is 0.416 e. The molecule has 1 saturated carbocycles. The van der Waals surface area contributed by atoms with Crippen molar-refractivity contribution in [3.8, 4) is 11.8 Å². The van der Waals surface area contributed by atoms with E-state index >= 15 is 0 Å². The second-order valence-electron chi connectivity index (χ2n) is 9.30. The Morgan fingerprint density at radius 1 is 1.14 bits per heavy atom. The number of piperidine rings is 1. The third-order valence-corrected chi connectivity index (χ3v) is 6.47. The molecule has 2 bridgehead atoms. The Balaban J connectivity index is 1.35. The van der Waals surface area contributed by atoms with Gasteiger partial charge in [0.2, 0.25) is 5.95 Å². The second kappa shape index (κ2) is 8.68. The van der Waals surface area contributed by atoms with Gasteiger partial charge in [0.25, 0.3) is 0 Å². The lowest BCUT2D eigenvalue weighted by atomic mass is 9.92. The smallest absolute Gasteiger partial charge is 0.416 e. The van der Waals surface area contributed by atoms with Crippen LogP contribution in [-0.2, 0) is 6.18 Å². The molecular formula is C22H25F4N7O2. The average Bonchev–Trinajstić information content (AvgIpc) is 3.45. The highest BCUT2D eigenvalue weighted by atomic mass is 19.4. The molecule has 35 heavy (non-hydrogen) atoms. The van der Waals surface area contributed by atoms with Gasteiger partial charge in [0.05, 0.1) is 11.6 Å². The molecule has 5 rings (SSSR count). The lowest BCUT2D eigenvalue weighted by Gasteiger charge is -2.37. The van der Waals surface area contributed by atoms with Crippen LogP contribution in [0.2, 0.25) is 0 Å². The minimum absolute atomic E-state index is 0.0909. The fraction of sp³-hybridized carbons (Fsp3) is 0.545. The molecule has 1 saturated heterocycles. The summed E-state index contributed by atoms with van der Waals surface area (Å²) >= 11 is 0. The van der Waals surface area contributed by atoms with Crippen LogP contribution in [0.5, 0.6) is 11.8 Å². The molecule has 2 aromatic heterocycles. The van der Waals surface area contributed by atoms with Gasteiger partial charge in [-0.2, -0.15) is 23.1 Å². The van der Waals surface area contributed by atoms with E-state index in [1.54, 1.807) is 6.92 Å². The molecule has 0 unspecified atom stereocenters. The van der Waals surface area contributed by atoms with Crippen LogP contribution < -0.4 is 15.0 Å². The van der Waals surface area contributed by atoms with E-state index < -0.39 is 23.3 Å². The van der Waals surface area contributed by atoms with E-state index in [9.17, 15) is 17.6 Å². The number of ether oxygens (including phenoxy) is 1. The van der Waals surface area contributed by atoms with Crippen LogP contribution in [0.1, 0.15) is 44.1 Å². The molecule has 9 nitrogen and oxygen atoms in total. The Hall–Kier alpha value is -3.38. The number of fused-ring (bicyclic) bond motifs is 2. The van der Waals surface area contributed by atoms with Gasteiger partial charge in [0, 0.05) is 19.1 Å². The quantitative estimate of drug-likeness (QED) is 0.486. The molecule has 0 spiro atoms. The number of hydrogen-bond acceptors (Lipinski definition) is 8. The van der Waals surface area contributed by atoms with E-state index in [1.807, 2.05) is 13.8 Å². The van der Waals surface area contributed by atoms with Crippen LogP contribution in [0.25, 0.3) is 0 Å². The number of benzene rings is 1. The number of rotatable bonds is 6. The van der Waals surface area contributed by atoms with Crippen molar-refractivity contribution >= 4 is 12.0 Å². The molecule has 3 heterocycles. The van der Waals surface area contributed by atoms with Gasteiger partial charge >= 0.3 is 18.2 Å². The first-order valence-electron chi connectivity index (χ1n) is 11.4. The summed E-state index contributed by atoms with van der Waals surface area (Å²) in [6.45, 7) is 6.89. The minimum atomic E-state index is -4.63. The van der Waals surface area contributed by atoms with Gasteiger partial charge in [0.15, 0.2) is 17.4 Å². The molecule has 13 heteroatoms. The van der Waals surface area contributed by atoms with Gasteiger partial charge in [-0.25, -0.2) is 9.07 Å². The molecule has 1 aliphatic carbocycles. The number of anilines is 2. The summed E-state index contributed by atoms with van der Waals surface area (Å²) in [5.41, 5.74) is -1.01. The van der Waals surface area contributed by atoms with Crippen LogP contribution in [0.15, 0.2) is 22.7 Å². The molecule has 0 amide bonds. The van der Waals surface area contributed by atoms with Crippen LogP contribution in [0, 0.1) is 24.6 Å². The van der Waals surface area contributed by atoms with Crippen molar-refractivity contribution in [2.45, 2.75) is 51.9 Å². The van der Waals surface area contributed by atoms with E-state index in [2.05, 4.69) is 30.4 Å². The van der Waals surface area contributed by atoms with E-state index in [0.717, 1.165) is 32.0 Å². The van der Waals surface area contributed by atoms with Gasteiger partial charge in [-0.1, -0.05) is 5.16 Å². The van der Waals surface area contributed by atoms with Gasteiger partial charge in [0.1, 0.15) is 0 Å². The Labute approximate surface area is 198 Å². The maximum atomic E-state index is 14.3. The molecule has 2 fully saturated rings. The SMILES string of the molecule is Cc1noc(N2C[C@H]3CC[C@@H](C2)[C@@H]3Nc2nc(Oc3cc(C(F)(F)F)ccc3F)n(C(C)C)n2)n1. The largest absolute Gasteiger partial charge is 0.421 e. The molecule has 3 aromatic rings. The molecule has 1 aromatic carbocycles. The second-order valence-corrected chi connectivity index (χ2v) is 9.30. The predicted octanol–water partition coefficient (Wildman–Crippen LogP) is 4.83. The molecule has 3 atom stereocenters. The number of nitrogens with zero attached hydrogens (tertiary/aromatic N) is 6. The van der Waals surface area contributed by atoms with Crippen molar-refractivity contribution in [3.05, 3.63) is 35.4 Å². The summed E-state index contributed by atoms with van der Waals surface area (Å²) in [5.74, 6) is -0.0447. The predicted molar refractivity (Wildman–Crippen MR) is 117 cm³/mol. The van der Waals surface area contributed by atoms with E-state index in [1.165, 1.54) is 4.68 Å². The zero-order valence-electron chi connectivity index (χ0n) is 19.4. The molecular weight excluding hydrogens is 470 g/mol. The monoisotopic (exact) mass is 495 g/mol. The molecule has 188 valence electrons. The van der Waals surface area contributed by atoms with Gasteiger partial charge in [-0.15, -0.1) is 5.10 Å². The summed E-state index contributed by atoms with van der Waals surface area (Å²) in [4.78, 5) is 10.8. The fourth-order valence-electron chi connectivity index (χ4n) is 4.81. The van der Waals surface area contributed by atoms with Crippen molar-refractivity contribution in [2.75, 3.05) is 23.3 Å². The summed E-state index contributed by atoms with van der Waals surface area (Å²) in [6.07, 6.45) is -2.61. The molecule has 1 aliphatic heterocycles. The van der Waals surface area contributed by atoms with Gasteiger partial charge in [-0.3, -0.25) is 0 Å². The van der Waals surface area contributed by atoms with Crippen molar-refractivity contribution in [3.63, 3.8) is 0 Å². The summed E-state index contributed by atoms with van der Waals surface area (Å²) < 4.78 is 65.8. The standard InChI is InChI=1S/C22H25F4N7O2/c1-11(2)33-21(34-17-8-15(22(24,25)26)6-7-16(17)23)29-19(30-33)28-18-13-4-5-14(18)10-32(9-13)20-27-12(3)31-35-20/h6-8,11,13-14,18H,4-5,9-10H2,1-3H3,(H,28,30)/t13-,14+,18-. The van der Waals surface area contributed by atoms with Gasteiger partial charge < -0.3 is 19.5 Å². The lowest BCUT2D eigenvalue weighted by Crippen LogP contribution is -2.48. The van der Waals surface area contributed by atoms with Crippen LogP contribution in [-0.4, -0.2) is 44.0 Å². The van der Waals surface area contributed by atoms with Crippen molar-refractivity contribution in [2.24, 2.45) is 11.8 Å². The summed E-state index contributed by atoms with van der Waals surface area (Å²) in [7, 11) is 0. The number of nitrogens with one attached hydrogen (secondary N) is 1. The Morgan fingerprint density at radius 2 is 1.86 bits per heavy atom. The van der Waals surface area contributed by atoms with Crippen molar-refractivity contribution in [1.29, 1.82) is 0 Å². The maximum absolute atomic E-state index is 14.3. The van der Waals surface area contributed by atoms with Gasteiger partial charge in [-0.05, 0) is 63.6 Å². The third-order valence-electron chi connectivity index (χ3n) is 6.47. The Morgan fingerprint density at radius 3 is 2.46 bits per heavy atom. The topological polar surface area (TPSA) is 94.1 Å². The van der Waals surface area contributed by atoms with Crippen LogP contribution >= 0.6 is 0 Å². The highest BCUT2D eigenvalue weighted by Crippen LogP contribution is 2.40. The highest BCUT2D eigenvalue weighted by molar-refractivity contribution is 5.37. The summed E-state index contributed by atoms with van der Waals surface area (Å²) in [5, 5.41) is 11.7. The summed E-state index contributed by atoms with van der Waals surface area (Å²) in [6, 6.07) is 2.31. The number of hydrogen-bond donors (Lipinski definition) is 1. The first-order valence-corrected chi connectivity index (χ1v) is 11.4. The number of halogens is 4. The molecule has 2 aliphatic rings. The van der Waals surface area contributed by atoms with Crippen molar-refractivity contribution < 1.29 is 26.8 Å². The first kappa shape index (κ1) is 23.4. The lowest BCUT2D eigenvalue weighted by molar-refractivity contribution is -0.137. The molecule has 1 N–H and O–H groups in total. The van der Waals surface area contributed by atoms with E-state index in [0.29, 0.717) is 24.0 Å². The zero-order valence-corrected chi connectivity index (χ0v) is 19.4. The third kappa shape index (κ3) is 4.63. The number of aromatic nitrogens is 5. The zero-order chi connectivity index (χ0) is 24.9. The number of alkyl halides is 3. The van der Waals surface area contributed by atoms with E-state index in [4.69, 9.17) is 9.26 Å². The van der Waals surface area contributed by atoms with Crippen LogP contribution in [0.4, 0.5) is 29.5 Å². The van der Waals surface area contributed by atoms with Crippen LogP contribution in [0.3, 0.4) is 0 Å². The van der Waals surface area contributed by atoms with Crippen molar-refractivity contribution in [1.82, 2.24) is 24.9 Å². The first-order chi connectivity index (χ1) is 16.6. The Bertz CT molecular complexity index is 1190. The highest BCUT2D eigenvalue weighted by Gasteiger charge is 2.44. The molecule has 0 radical (unpaired) electrons. The van der Waals surface area contributed by atoms with E-state index in [-0.39, 0.29) is 35.9 Å². The number of aryl methyl sites for hydroxylation is 1. The normalized spacial score (nSPS) is 22.2. The average molecular weight is 495 g/mol. The minimum Gasteiger partial charge on any atom is -0.421 e. The fourth-order valence-corrected chi connectivity index (χ4v) is 4.81.